The van der Waals surface area contributed by atoms with E-state index in [1.165, 1.54) is 22.9 Å². The summed E-state index contributed by atoms with van der Waals surface area (Å²) in [6.45, 7) is 0. The largest absolute Gasteiger partial charge is 0.377 e. The molecule has 4 nitrogen and oxygen atoms in total. The van der Waals surface area contributed by atoms with Crippen LogP contribution in [-0.2, 0) is 6.42 Å². The number of fused-ring (bicyclic) bond motifs is 1. The molecule has 30 heavy (non-hydrogen) atoms. The Kier molecular flexibility index (Phi) is 6.23. The van der Waals surface area contributed by atoms with Crippen LogP contribution in [-0.4, -0.2) is 25.0 Å². The van der Waals surface area contributed by atoms with Crippen molar-refractivity contribution in [2.24, 2.45) is 0 Å². The van der Waals surface area contributed by atoms with Crippen LogP contribution in [0.15, 0.2) is 64.6 Å². The van der Waals surface area contributed by atoms with Crippen LogP contribution in [0.3, 0.4) is 0 Å². The van der Waals surface area contributed by atoms with E-state index in [2.05, 4.69) is 22.4 Å². The number of amides is 1. The van der Waals surface area contributed by atoms with Crippen LogP contribution in [0.25, 0.3) is 0 Å². The molecule has 7 heteroatoms. The Morgan fingerprint density at radius 3 is 2.60 bits per heavy atom. The van der Waals surface area contributed by atoms with Crippen LogP contribution in [0.4, 0.5) is 5.69 Å². The number of rotatable bonds is 5. The van der Waals surface area contributed by atoms with Gasteiger partial charge in [0.05, 0.1) is 17.3 Å². The standard InChI is InChI=1S/C23H21Cl2N3OS/c1-28(2)21-12-22(30-17-10-15(24)9-16(25)11-17)26-13-19(21)23(29)27-20-8-7-14-5-3-4-6-18(14)20/h3-6,9-13,20H,7-8H2,1-2H3,(H,27,29)/t20-/m0/s1. The van der Waals surface area contributed by atoms with E-state index in [9.17, 15) is 4.79 Å². The summed E-state index contributed by atoms with van der Waals surface area (Å²) in [5.41, 5.74) is 3.87. The summed E-state index contributed by atoms with van der Waals surface area (Å²) >= 11 is 13.7. The Balaban J connectivity index is 1.57. The molecule has 4 rings (SSSR count). The van der Waals surface area contributed by atoms with Gasteiger partial charge in [-0.15, -0.1) is 0 Å². The number of carbonyl (C=O) groups excluding carboxylic acids is 1. The quantitative estimate of drug-likeness (QED) is 0.508. The molecule has 1 N–H and O–H groups in total. The van der Waals surface area contributed by atoms with Crippen molar-refractivity contribution in [2.75, 3.05) is 19.0 Å². The molecule has 1 aromatic heterocycles. The maximum Gasteiger partial charge on any atom is 0.255 e. The van der Waals surface area contributed by atoms with Crippen molar-refractivity contribution < 1.29 is 4.79 Å². The Labute approximate surface area is 190 Å². The van der Waals surface area contributed by atoms with Crippen molar-refractivity contribution in [3.63, 3.8) is 0 Å². The summed E-state index contributed by atoms with van der Waals surface area (Å²) in [4.78, 5) is 20.4. The average Bonchev–Trinajstić information content (AvgIpc) is 3.10. The van der Waals surface area contributed by atoms with Gasteiger partial charge in [0, 0.05) is 35.2 Å². The first-order valence-electron chi connectivity index (χ1n) is 9.60. The maximum atomic E-state index is 13.1. The van der Waals surface area contributed by atoms with Gasteiger partial charge in [-0.1, -0.05) is 59.2 Å². The van der Waals surface area contributed by atoms with Crippen LogP contribution in [0.2, 0.25) is 10.0 Å². The molecule has 3 aromatic rings. The lowest BCUT2D eigenvalue weighted by Crippen LogP contribution is -2.29. The number of aryl methyl sites for hydroxylation is 1. The van der Waals surface area contributed by atoms with Gasteiger partial charge >= 0.3 is 0 Å². The zero-order valence-electron chi connectivity index (χ0n) is 16.7. The number of hydrogen-bond donors (Lipinski definition) is 1. The summed E-state index contributed by atoms with van der Waals surface area (Å²) in [5.74, 6) is -0.116. The Hall–Kier alpha value is -2.21. The van der Waals surface area contributed by atoms with Gasteiger partial charge in [-0.3, -0.25) is 4.79 Å². The molecule has 1 aliphatic carbocycles. The number of aromatic nitrogens is 1. The molecule has 0 aliphatic heterocycles. The van der Waals surface area contributed by atoms with Gasteiger partial charge < -0.3 is 10.2 Å². The molecule has 0 spiro atoms. The van der Waals surface area contributed by atoms with Gasteiger partial charge in [0.15, 0.2) is 0 Å². The van der Waals surface area contributed by atoms with Crippen molar-refractivity contribution in [3.05, 3.63) is 81.5 Å². The molecule has 0 bridgehead atoms. The van der Waals surface area contributed by atoms with Crippen molar-refractivity contribution in [1.82, 2.24) is 10.3 Å². The Bertz CT molecular complexity index is 1080. The van der Waals surface area contributed by atoms with E-state index in [1.54, 1.807) is 12.3 Å². The lowest BCUT2D eigenvalue weighted by Gasteiger charge is -2.20. The van der Waals surface area contributed by atoms with E-state index in [0.29, 0.717) is 15.6 Å². The fraction of sp³-hybridized carbons (Fsp3) is 0.217. The summed E-state index contributed by atoms with van der Waals surface area (Å²) in [5, 5.41) is 5.10. The number of halogens is 2. The minimum absolute atomic E-state index is 0.0337. The zero-order chi connectivity index (χ0) is 21.3. The fourth-order valence-corrected chi connectivity index (χ4v) is 5.22. The van der Waals surface area contributed by atoms with Gasteiger partial charge in [0.2, 0.25) is 0 Å². The fourth-order valence-electron chi connectivity index (χ4n) is 3.68. The first-order chi connectivity index (χ1) is 14.4. The molecule has 1 aliphatic rings. The number of nitrogens with one attached hydrogen (secondary N) is 1. The first-order valence-corrected chi connectivity index (χ1v) is 11.2. The predicted molar refractivity (Wildman–Crippen MR) is 124 cm³/mol. The summed E-state index contributed by atoms with van der Waals surface area (Å²) in [6.07, 6.45) is 3.54. The van der Waals surface area contributed by atoms with E-state index in [0.717, 1.165) is 28.5 Å². The van der Waals surface area contributed by atoms with E-state index in [1.807, 2.05) is 49.3 Å². The van der Waals surface area contributed by atoms with Crippen molar-refractivity contribution in [3.8, 4) is 0 Å². The highest BCUT2D eigenvalue weighted by atomic mass is 35.5. The average molecular weight is 458 g/mol. The van der Waals surface area contributed by atoms with Crippen molar-refractivity contribution in [2.45, 2.75) is 28.8 Å². The lowest BCUT2D eigenvalue weighted by atomic mass is 10.1. The summed E-state index contributed by atoms with van der Waals surface area (Å²) in [7, 11) is 3.84. The van der Waals surface area contributed by atoms with Crippen LogP contribution in [0.1, 0.15) is 33.9 Å². The van der Waals surface area contributed by atoms with Crippen LogP contribution >= 0.6 is 35.0 Å². The van der Waals surface area contributed by atoms with E-state index < -0.39 is 0 Å². The third kappa shape index (κ3) is 4.59. The molecule has 1 heterocycles. The minimum Gasteiger partial charge on any atom is -0.377 e. The van der Waals surface area contributed by atoms with Gasteiger partial charge in [-0.05, 0) is 48.2 Å². The van der Waals surface area contributed by atoms with Gasteiger partial charge in [-0.2, -0.15) is 0 Å². The van der Waals surface area contributed by atoms with Crippen LogP contribution in [0, 0.1) is 0 Å². The van der Waals surface area contributed by atoms with Gasteiger partial charge in [-0.25, -0.2) is 4.98 Å². The smallest absolute Gasteiger partial charge is 0.255 e. The number of carbonyl (C=O) groups is 1. The number of pyridine rings is 1. The number of benzene rings is 2. The van der Waals surface area contributed by atoms with Crippen molar-refractivity contribution >= 4 is 46.6 Å². The third-order valence-corrected chi connectivity index (χ3v) is 6.42. The lowest BCUT2D eigenvalue weighted by molar-refractivity contribution is 0.0937. The normalized spacial score (nSPS) is 15.0. The number of nitrogens with zero attached hydrogens (tertiary/aromatic N) is 2. The minimum atomic E-state index is -0.116. The van der Waals surface area contributed by atoms with E-state index >= 15 is 0 Å². The van der Waals surface area contributed by atoms with Crippen molar-refractivity contribution in [1.29, 1.82) is 0 Å². The molecule has 0 saturated carbocycles. The molecule has 1 amide bonds. The number of anilines is 1. The second-order valence-electron chi connectivity index (χ2n) is 7.40. The molecule has 2 aromatic carbocycles. The molecule has 0 saturated heterocycles. The maximum absolute atomic E-state index is 13.1. The predicted octanol–water partition coefficient (Wildman–Crippen LogP) is 6.02. The molecule has 0 unspecified atom stereocenters. The summed E-state index contributed by atoms with van der Waals surface area (Å²) in [6, 6.07) is 15.6. The van der Waals surface area contributed by atoms with Gasteiger partial charge in [0.25, 0.3) is 5.91 Å². The molecular formula is C23H21Cl2N3OS. The molecule has 0 radical (unpaired) electrons. The van der Waals surface area contributed by atoms with Crippen LogP contribution in [0.5, 0.6) is 0 Å². The molecular weight excluding hydrogens is 437 g/mol. The number of hydrogen-bond acceptors (Lipinski definition) is 4. The first kappa shape index (κ1) is 21.0. The highest BCUT2D eigenvalue weighted by Gasteiger charge is 2.25. The molecule has 154 valence electrons. The second kappa shape index (κ2) is 8.88. The zero-order valence-corrected chi connectivity index (χ0v) is 19.0. The molecule has 0 fully saturated rings. The Morgan fingerprint density at radius 2 is 1.87 bits per heavy atom. The summed E-state index contributed by atoms with van der Waals surface area (Å²) < 4.78 is 0. The van der Waals surface area contributed by atoms with E-state index in [4.69, 9.17) is 23.2 Å². The second-order valence-corrected chi connectivity index (χ2v) is 9.37. The SMILES string of the molecule is CN(C)c1cc(Sc2cc(Cl)cc(Cl)c2)ncc1C(=O)N[C@H]1CCc2ccccc21. The topological polar surface area (TPSA) is 45.2 Å². The third-order valence-electron chi connectivity index (χ3n) is 5.08. The van der Waals surface area contributed by atoms with Gasteiger partial charge in [0.1, 0.15) is 5.03 Å². The highest BCUT2D eigenvalue weighted by molar-refractivity contribution is 7.99. The van der Waals surface area contributed by atoms with Crippen LogP contribution < -0.4 is 10.2 Å². The monoisotopic (exact) mass is 457 g/mol. The Morgan fingerprint density at radius 1 is 1.13 bits per heavy atom. The molecule has 1 atom stereocenters. The van der Waals surface area contributed by atoms with E-state index in [-0.39, 0.29) is 11.9 Å². The highest BCUT2D eigenvalue weighted by Crippen LogP contribution is 2.34.